The van der Waals surface area contributed by atoms with E-state index in [0.29, 0.717) is 11.5 Å². The maximum absolute atomic E-state index is 5.79. The van der Waals surface area contributed by atoms with Gasteiger partial charge in [-0.05, 0) is 5.75 Å². The predicted molar refractivity (Wildman–Crippen MR) is 62.7 cm³/mol. The van der Waals surface area contributed by atoms with E-state index in [1.807, 2.05) is 16.3 Å². The Bertz CT molecular complexity index is 453. The number of nitrogens with zero attached hydrogens (tertiary/aromatic N) is 4. The van der Waals surface area contributed by atoms with E-state index in [4.69, 9.17) is 5.73 Å². The highest BCUT2D eigenvalue weighted by Gasteiger charge is 2.07. The molecule has 0 aliphatic carbocycles. The molecule has 2 rings (SSSR count). The fraction of sp³-hybridized carbons (Fsp3) is 0.444. The molecule has 2 aromatic heterocycles. The number of aromatic nitrogens is 4. The van der Waals surface area contributed by atoms with Gasteiger partial charge in [-0.3, -0.25) is 0 Å². The van der Waals surface area contributed by atoms with Crippen LogP contribution in [0.1, 0.15) is 6.92 Å². The van der Waals surface area contributed by atoms with E-state index < -0.39 is 0 Å². The van der Waals surface area contributed by atoms with Gasteiger partial charge in [-0.2, -0.15) is 11.8 Å². The number of imidazole rings is 1. The number of nitrogens with two attached hydrogens (primary N) is 1. The standard InChI is InChI=1S/C9H13N5S/c1-2-15-4-3-14-6-13-9-7(14)8(10)11-5-12-9/h5-6H,2-4H2,1H3,(H2,10,11,12). The van der Waals surface area contributed by atoms with E-state index >= 15 is 0 Å². The highest BCUT2D eigenvalue weighted by molar-refractivity contribution is 7.99. The highest BCUT2D eigenvalue weighted by atomic mass is 32.2. The van der Waals surface area contributed by atoms with Gasteiger partial charge in [0.2, 0.25) is 0 Å². The normalized spacial score (nSPS) is 11.0. The van der Waals surface area contributed by atoms with E-state index in [2.05, 4.69) is 21.9 Å². The molecule has 0 bridgehead atoms. The largest absolute Gasteiger partial charge is 0.382 e. The molecule has 5 nitrogen and oxygen atoms in total. The van der Waals surface area contributed by atoms with Gasteiger partial charge in [-0.25, -0.2) is 15.0 Å². The summed E-state index contributed by atoms with van der Waals surface area (Å²) < 4.78 is 2.01. The second kappa shape index (κ2) is 4.48. The number of rotatable bonds is 4. The lowest BCUT2D eigenvalue weighted by atomic mass is 10.5. The molecule has 0 aliphatic rings. The first-order valence-corrected chi connectivity index (χ1v) is 5.97. The molecule has 0 saturated carbocycles. The Hall–Kier alpha value is -1.30. The summed E-state index contributed by atoms with van der Waals surface area (Å²) in [6.07, 6.45) is 3.21. The molecule has 0 saturated heterocycles. The maximum atomic E-state index is 5.79. The zero-order chi connectivity index (χ0) is 10.7. The predicted octanol–water partition coefficient (Wildman–Crippen LogP) is 1.16. The summed E-state index contributed by atoms with van der Waals surface area (Å²) in [6, 6.07) is 0. The molecule has 15 heavy (non-hydrogen) atoms. The van der Waals surface area contributed by atoms with Crippen LogP contribution in [0.3, 0.4) is 0 Å². The topological polar surface area (TPSA) is 69.6 Å². The van der Waals surface area contributed by atoms with Crippen LogP contribution in [0.5, 0.6) is 0 Å². The monoisotopic (exact) mass is 223 g/mol. The molecule has 0 fully saturated rings. The fourth-order valence-corrected chi connectivity index (χ4v) is 2.03. The number of hydrogen-bond donors (Lipinski definition) is 1. The van der Waals surface area contributed by atoms with Crippen molar-refractivity contribution in [3.63, 3.8) is 0 Å². The zero-order valence-corrected chi connectivity index (χ0v) is 9.37. The summed E-state index contributed by atoms with van der Waals surface area (Å²) in [5.41, 5.74) is 7.30. The molecule has 2 N–H and O–H groups in total. The van der Waals surface area contributed by atoms with E-state index in [1.54, 1.807) is 6.33 Å². The Morgan fingerprint density at radius 3 is 3.07 bits per heavy atom. The van der Waals surface area contributed by atoms with Crippen molar-refractivity contribution in [2.24, 2.45) is 0 Å². The summed E-state index contributed by atoms with van der Waals surface area (Å²) in [5.74, 6) is 2.67. The number of fused-ring (bicyclic) bond motifs is 1. The van der Waals surface area contributed by atoms with Crippen molar-refractivity contribution in [1.29, 1.82) is 0 Å². The van der Waals surface area contributed by atoms with Gasteiger partial charge in [0.05, 0.1) is 6.33 Å². The molecule has 0 amide bonds. The molecule has 6 heteroatoms. The molecular formula is C9H13N5S. The molecule has 0 radical (unpaired) electrons. The lowest BCUT2D eigenvalue weighted by molar-refractivity contribution is 0.796. The third kappa shape index (κ3) is 2.04. The first-order chi connectivity index (χ1) is 7.33. The van der Waals surface area contributed by atoms with Crippen LogP contribution >= 0.6 is 11.8 Å². The van der Waals surface area contributed by atoms with Crippen LogP contribution in [-0.2, 0) is 6.54 Å². The Morgan fingerprint density at radius 1 is 1.40 bits per heavy atom. The summed E-state index contributed by atoms with van der Waals surface area (Å²) in [4.78, 5) is 12.2. The molecule has 0 spiro atoms. The third-order valence-electron chi connectivity index (χ3n) is 2.12. The van der Waals surface area contributed by atoms with Crippen molar-refractivity contribution in [3.05, 3.63) is 12.7 Å². The smallest absolute Gasteiger partial charge is 0.182 e. The van der Waals surface area contributed by atoms with E-state index in [9.17, 15) is 0 Å². The van der Waals surface area contributed by atoms with Crippen LogP contribution in [0.2, 0.25) is 0 Å². The highest BCUT2D eigenvalue weighted by Crippen LogP contribution is 2.15. The second-order valence-electron chi connectivity index (χ2n) is 3.07. The second-order valence-corrected chi connectivity index (χ2v) is 4.46. The van der Waals surface area contributed by atoms with Crippen LogP contribution in [-0.4, -0.2) is 31.0 Å². The summed E-state index contributed by atoms with van der Waals surface area (Å²) in [6.45, 7) is 3.04. The van der Waals surface area contributed by atoms with Crippen LogP contribution < -0.4 is 5.73 Å². The molecule has 0 aliphatic heterocycles. The molecule has 0 atom stereocenters. The molecule has 2 aromatic rings. The Balaban J connectivity index is 2.27. The lowest BCUT2D eigenvalue weighted by Gasteiger charge is -2.03. The van der Waals surface area contributed by atoms with Gasteiger partial charge < -0.3 is 10.3 Å². The van der Waals surface area contributed by atoms with Gasteiger partial charge in [0.1, 0.15) is 11.8 Å². The number of anilines is 1. The third-order valence-corrected chi connectivity index (χ3v) is 3.00. The minimum Gasteiger partial charge on any atom is -0.382 e. The van der Waals surface area contributed by atoms with E-state index in [1.165, 1.54) is 6.33 Å². The Labute approximate surface area is 92.1 Å². The van der Waals surface area contributed by atoms with Crippen molar-refractivity contribution >= 4 is 28.7 Å². The number of hydrogen-bond acceptors (Lipinski definition) is 5. The van der Waals surface area contributed by atoms with Crippen LogP contribution in [0.25, 0.3) is 11.2 Å². The van der Waals surface area contributed by atoms with Crippen LogP contribution in [0, 0.1) is 0 Å². The Morgan fingerprint density at radius 2 is 2.27 bits per heavy atom. The Kier molecular flexibility index (Phi) is 3.05. The molecule has 80 valence electrons. The van der Waals surface area contributed by atoms with Crippen LogP contribution in [0.15, 0.2) is 12.7 Å². The molecule has 0 aromatic carbocycles. The zero-order valence-electron chi connectivity index (χ0n) is 8.55. The summed E-state index contributed by atoms with van der Waals surface area (Å²) in [7, 11) is 0. The van der Waals surface area contributed by atoms with Gasteiger partial charge in [-0.1, -0.05) is 6.92 Å². The van der Waals surface area contributed by atoms with Gasteiger partial charge in [-0.15, -0.1) is 0 Å². The van der Waals surface area contributed by atoms with Gasteiger partial charge in [0.15, 0.2) is 11.5 Å². The van der Waals surface area contributed by atoms with Gasteiger partial charge in [0, 0.05) is 12.3 Å². The minimum absolute atomic E-state index is 0.499. The first kappa shape index (κ1) is 10.2. The van der Waals surface area contributed by atoms with Gasteiger partial charge in [0.25, 0.3) is 0 Å². The molecule has 0 unspecified atom stereocenters. The fourth-order valence-electron chi connectivity index (χ4n) is 1.41. The minimum atomic E-state index is 0.499. The number of thioether (sulfide) groups is 1. The summed E-state index contributed by atoms with van der Waals surface area (Å²) in [5, 5.41) is 0. The van der Waals surface area contributed by atoms with Crippen LogP contribution in [0.4, 0.5) is 5.82 Å². The quantitative estimate of drug-likeness (QED) is 0.788. The van der Waals surface area contributed by atoms with Crippen molar-refractivity contribution in [1.82, 2.24) is 19.5 Å². The number of aryl methyl sites for hydroxylation is 1. The average Bonchev–Trinajstić information content (AvgIpc) is 2.63. The SMILES string of the molecule is CCSCCn1cnc2ncnc(N)c21. The lowest BCUT2D eigenvalue weighted by Crippen LogP contribution is -2.02. The average molecular weight is 223 g/mol. The number of nitrogen functional groups attached to an aromatic ring is 1. The molecular weight excluding hydrogens is 210 g/mol. The van der Waals surface area contributed by atoms with Crippen molar-refractivity contribution in [2.75, 3.05) is 17.2 Å². The van der Waals surface area contributed by atoms with Crippen molar-refractivity contribution < 1.29 is 0 Å². The van der Waals surface area contributed by atoms with Gasteiger partial charge >= 0.3 is 0 Å². The maximum Gasteiger partial charge on any atom is 0.182 e. The van der Waals surface area contributed by atoms with Crippen molar-refractivity contribution in [2.45, 2.75) is 13.5 Å². The summed E-state index contributed by atoms with van der Waals surface area (Å²) >= 11 is 1.89. The van der Waals surface area contributed by atoms with E-state index in [-0.39, 0.29) is 0 Å². The molecule has 2 heterocycles. The van der Waals surface area contributed by atoms with Crippen molar-refractivity contribution in [3.8, 4) is 0 Å². The van der Waals surface area contributed by atoms with E-state index in [0.717, 1.165) is 23.6 Å². The first-order valence-electron chi connectivity index (χ1n) is 4.82.